The van der Waals surface area contributed by atoms with Crippen LogP contribution in [0.5, 0.6) is 5.75 Å². The molecule has 0 atom stereocenters. The Bertz CT molecular complexity index is 733. The molecule has 0 bridgehead atoms. The Hall–Kier alpha value is -2.82. The standard InChI is InChI=1S/C20H21FN2O2/c1-25-19-9-7-18(8-10-19)22-12-14-23(15-13-22)20(24)11-4-16-2-5-17(21)6-3-16/h2-11H,12-15H2,1H3/b11-4+. The number of methoxy groups -OCH3 is 1. The van der Waals surface area contributed by atoms with Gasteiger partial charge < -0.3 is 14.5 Å². The van der Waals surface area contributed by atoms with E-state index in [1.807, 2.05) is 29.2 Å². The van der Waals surface area contributed by atoms with Crippen molar-refractivity contribution in [1.82, 2.24) is 4.90 Å². The van der Waals surface area contributed by atoms with E-state index in [9.17, 15) is 9.18 Å². The number of nitrogens with zero attached hydrogens (tertiary/aromatic N) is 2. The number of amides is 1. The van der Waals surface area contributed by atoms with Crippen LogP contribution in [0, 0.1) is 5.82 Å². The van der Waals surface area contributed by atoms with Crippen LogP contribution in [0.2, 0.25) is 0 Å². The third kappa shape index (κ3) is 4.38. The summed E-state index contributed by atoms with van der Waals surface area (Å²) in [7, 11) is 1.65. The molecule has 25 heavy (non-hydrogen) atoms. The van der Waals surface area contributed by atoms with Crippen LogP contribution in [0.4, 0.5) is 10.1 Å². The van der Waals surface area contributed by atoms with Crippen LogP contribution in [0.25, 0.3) is 6.08 Å². The van der Waals surface area contributed by atoms with E-state index in [1.54, 1.807) is 31.4 Å². The van der Waals surface area contributed by atoms with Crippen LogP contribution < -0.4 is 9.64 Å². The van der Waals surface area contributed by atoms with Crippen molar-refractivity contribution in [2.75, 3.05) is 38.2 Å². The number of halogens is 1. The molecular formula is C20H21FN2O2. The second-order valence-corrected chi connectivity index (χ2v) is 5.90. The van der Waals surface area contributed by atoms with Gasteiger partial charge in [-0.05, 0) is 48.0 Å². The number of anilines is 1. The number of hydrogen-bond donors (Lipinski definition) is 0. The average molecular weight is 340 g/mol. The highest BCUT2D eigenvalue weighted by atomic mass is 19.1. The summed E-state index contributed by atoms with van der Waals surface area (Å²) in [6.07, 6.45) is 3.27. The molecule has 1 fully saturated rings. The van der Waals surface area contributed by atoms with Crippen molar-refractivity contribution < 1.29 is 13.9 Å². The first-order chi connectivity index (χ1) is 12.2. The lowest BCUT2D eigenvalue weighted by molar-refractivity contribution is -0.126. The summed E-state index contributed by atoms with van der Waals surface area (Å²) < 4.78 is 18.1. The van der Waals surface area contributed by atoms with Gasteiger partial charge in [0.15, 0.2) is 0 Å². The molecule has 2 aromatic rings. The molecule has 1 saturated heterocycles. The zero-order valence-electron chi connectivity index (χ0n) is 14.2. The first-order valence-corrected chi connectivity index (χ1v) is 8.27. The van der Waals surface area contributed by atoms with Crippen molar-refractivity contribution in [1.29, 1.82) is 0 Å². The Morgan fingerprint density at radius 1 is 1.00 bits per heavy atom. The number of benzene rings is 2. The van der Waals surface area contributed by atoms with Crippen LogP contribution in [0.1, 0.15) is 5.56 Å². The summed E-state index contributed by atoms with van der Waals surface area (Å²) >= 11 is 0. The minimum absolute atomic E-state index is 0.0151. The molecule has 1 aliphatic heterocycles. The smallest absolute Gasteiger partial charge is 0.246 e. The number of carbonyl (C=O) groups is 1. The van der Waals surface area contributed by atoms with E-state index in [2.05, 4.69) is 4.90 Å². The molecule has 130 valence electrons. The van der Waals surface area contributed by atoms with E-state index in [1.165, 1.54) is 12.1 Å². The minimum Gasteiger partial charge on any atom is -0.497 e. The maximum absolute atomic E-state index is 12.9. The van der Waals surface area contributed by atoms with E-state index in [-0.39, 0.29) is 11.7 Å². The lowest BCUT2D eigenvalue weighted by Crippen LogP contribution is -2.48. The summed E-state index contributed by atoms with van der Waals surface area (Å²) in [6, 6.07) is 14.0. The lowest BCUT2D eigenvalue weighted by atomic mass is 10.2. The topological polar surface area (TPSA) is 32.8 Å². The van der Waals surface area contributed by atoms with Gasteiger partial charge in [0.25, 0.3) is 0 Å². The van der Waals surface area contributed by atoms with E-state index in [0.717, 1.165) is 30.1 Å². The van der Waals surface area contributed by atoms with Crippen LogP contribution in [-0.4, -0.2) is 44.1 Å². The maximum atomic E-state index is 12.9. The zero-order chi connectivity index (χ0) is 17.6. The van der Waals surface area contributed by atoms with Gasteiger partial charge in [0, 0.05) is 37.9 Å². The molecule has 0 unspecified atom stereocenters. The van der Waals surface area contributed by atoms with Gasteiger partial charge in [-0.2, -0.15) is 0 Å². The van der Waals surface area contributed by atoms with Crippen LogP contribution in [-0.2, 0) is 4.79 Å². The molecule has 3 rings (SSSR count). The minimum atomic E-state index is -0.280. The number of piperazine rings is 1. The van der Waals surface area contributed by atoms with Crippen molar-refractivity contribution in [2.45, 2.75) is 0 Å². The Balaban J connectivity index is 1.54. The fourth-order valence-corrected chi connectivity index (χ4v) is 2.82. The summed E-state index contributed by atoms with van der Waals surface area (Å²) in [6.45, 7) is 2.95. The molecule has 1 aliphatic rings. The summed E-state index contributed by atoms with van der Waals surface area (Å²) in [4.78, 5) is 16.4. The van der Waals surface area contributed by atoms with E-state index < -0.39 is 0 Å². The second-order valence-electron chi connectivity index (χ2n) is 5.90. The molecule has 0 radical (unpaired) electrons. The van der Waals surface area contributed by atoms with Gasteiger partial charge in [0.2, 0.25) is 5.91 Å². The number of carbonyl (C=O) groups excluding carboxylic acids is 1. The largest absolute Gasteiger partial charge is 0.497 e. The van der Waals surface area contributed by atoms with Gasteiger partial charge in [-0.3, -0.25) is 4.79 Å². The summed E-state index contributed by atoms with van der Waals surface area (Å²) in [5.74, 6) is 0.542. The highest BCUT2D eigenvalue weighted by molar-refractivity contribution is 5.92. The lowest BCUT2D eigenvalue weighted by Gasteiger charge is -2.35. The van der Waals surface area contributed by atoms with E-state index >= 15 is 0 Å². The fraction of sp³-hybridized carbons (Fsp3) is 0.250. The van der Waals surface area contributed by atoms with Gasteiger partial charge in [0.1, 0.15) is 11.6 Å². The van der Waals surface area contributed by atoms with Gasteiger partial charge in [-0.1, -0.05) is 12.1 Å². The third-order valence-corrected chi connectivity index (χ3v) is 4.32. The number of ether oxygens (including phenoxy) is 1. The Morgan fingerprint density at radius 3 is 2.24 bits per heavy atom. The predicted molar refractivity (Wildman–Crippen MR) is 97.2 cm³/mol. The van der Waals surface area contributed by atoms with Crippen LogP contribution in [0.15, 0.2) is 54.6 Å². The van der Waals surface area contributed by atoms with Crippen LogP contribution >= 0.6 is 0 Å². The van der Waals surface area contributed by atoms with Crippen molar-refractivity contribution >= 4 is 17.7 Å². The molecule has 0 saturated carbocycles. The van der Waals surface area contributed by atoms with Crippen LogP contribution in [0.3, 0.4) is 0 Å². The molecule has 1 amide bonds. The van der Waals surface area contributed by atoms with E-state index in [0.29, 0.717) is 13.1 Å². The Labute approximate surface area is 147 Å². The number of rotatable bonds is 4. The normalized spacial score (nSPS) is 14.8. The SMILES string of the molecule is COc1ccc(N2CCN(C(=O)/C=C/c3ccc(F)cc3)CC2)cc1. The third-order valence-electron chi connectivity index (χ3n) is 4.32. The molecule has 0 spiro atoms. The Kier molecular flexibility index (Phi) is 5.33. The van der Waals surface area contributed by atoms with E-state index in [4.69, 9.17) is 4.74 Å². The molecule has 0 aromatic heterocycles. The molecule has 0 N–H and O–H groups in total. The molecule has 4 nitrogen and oxygen atoms in total. The Morgan fingerprint density at radius 2 is 1.64 bits per heavy atom. The first-order valence-electron chi connectivity index (χ1n) is 8.27. The monoisotopic (exact) mass is 340 g/mol. The van der Waals surface area contributed by atoms with Crippen molar-refractivity contribution in [2.24, 2.45) is 0 Å². The molecule has 2 aromatic carbocycles. The quantitative estimate of drug-likeness (QED) is 0.802. The summed E-state index contributed by atoms with van der Waals surface area (Å²) in [5, 5.41) is 0. The van der Waals surface area contributed by atoms with Gasteiger partial charge >= 0.3 is 0 Å². The van der Waals surface area contributed by atoms with Crippen molar-refractivity contribution in [3.8, 4) is 5.75 Å². The predicted octanol–water partition coefficient (Wildman–Crippen LogP) is 3.20. The molecular weight excluding hydrogens is 319 g/mol. The highest BCUT2D eigenvalue weighted by Gasteiger charge is 2.19. The van der Waals surface area contributed by atoms with Gasteiger partial charge in [-0.25, -0.2) is 4.39 Å². The number of hydrogen-bond acceptors (Lipinski definition) is 3. The summed E-state index contributed by atoms with van der Waals surface area (Å²) in [5.41, 5.74) is 1.95. The van der Waals surface area contributed by atoms with Crippen molar-refractivity contribution in [3.05, 3.63) is 66.0 Å². The maximum Gasteiger partial charge on any atom is 0.246 e. The molecule has 0 aliphatic carbocycles. The zero-order valence-corrected chi connectivity index (χ0v) is 14.2. The molecule has 1 heterocycles. The van der Waals surface area contributed by atoms with Crippen molar-refractivity contribution in [3.63, 3.8) is 0 Å². The molecule has 5 heteroatoms. The highest BCUT2D eigenvalue weighted by Crippen LogP contribution is 2.20. The average Bonchev–Trinajstić information content (AvgIpc) is 2.67. The van der Waals surface area contributed by atoms with Gasteiger partial charge in [-0.15, -0.1) is 0 Å². The first kappa shape index (κ1) is 17.0. The second kappa shape index (κ2) is 7.83. The van der Waals surface area contributed by atoms with Gasteiger partial charge in [0.05, 0.1) is 7.11 Å². The fourth-order valence-electron chi connectivity index (χ4n) is 2.82.